The van der Waals surface area contributed by atoms with Gasteiger partial charge < -0.3 is 10.6 Å². The molecule has 2 rings (SSSR count). The van der Waals surface area contributed by atoms with Crippen molar-refractivity contribution in [2.75, 3.05) is 18.0 Å². The van der Waals surface area contributed by atoms with Gasteiger partial charge in [-0.2, -0.15) is 0 Å². The molecule has 0 aliphatic carbocycles. The third-order valence-corrected chi connectivity index (χ3v) is 2.44. The van der Waals surface area contributed by atoms with E-state index in [4.69, 9.17) is 5.73 Å². The van der Waals surface area contributed by atoms with Crippen molar-refractivity contribution in [3.63, 3.8) is 0 Å². The predicted octanol–water partition coefficient (Wildman–Crippen LogP) is 1.96. The number of aromatic nitrogens is 2. The lowest BCUT2D eigenvalue weighted by atomic mass is 10.3. The Bertz CT molecular complexity index is 390. The monoisotopic (exact) mass is 228 g/mol. The van der Waals surface area contributed by atoms with Crippen LogP contribution in [0.3, 0.4) is 0 Å². The molecule has 0 saturated heterocycles. The minimum atomic E-state index is 0.663. The topological polar surface area (TPSA) is 55.0 Å². The van der Waals surface area contributed by atoms with Gasteiger partial charge in [-0.1, -0.05) is 12.1 Å². The number of hydrogen-bond donors (Lipinski definition) is 1. The van der Waals surface area contributed by atoms with E-state index in [-0.39, 0.29) is 0 Å². The Morgan fingerprint density at radius 2 is 1.53 bits per heavy atom. The van der Waals surface area contributed by atoms with Crippen molar-refractivity contribution in [2.45, 2.75) is 6.42 Å². The van der Waals surface area contributed by atoms with Gasteiger partial charge in [0.1, 0.15) is 11.6 Å². The summed E-state index contributed by atoms with van der Waals surface area (Å²) >= 11 is 0. The summed E-state index contributed by atoms with van der Waals surface area (Å²) in [4.78, 5) is 10.8. The highest BCUT2D eigenvalue weighted by molar-refractivity contribution is 5.55. The highest BCUT2D eigenvalue weighted by Gasteiger charge is 2.09. The molecule has 0 aliphatic rings. The lowest BCUT2D eigenvalue weighted by Gasteiger charge is -2.22. The molecule has 4 nitrogen and oxygen atoms in total. The van der Waals surface area contributed by atoms with Crippen molar-refractivity contribution in [3.8, 4) is 0 Å². The second-order valence-electron chi connectivity index (χ2n) is 3.67. The smallest absolute Gasteiger partial charge is 0.134 e. The third kappa shape index (κ3) is 3.01. The van der Waals surface area contributed by atoms with E-state index >= 15 is 0 Å². The summed E-state index contributed by atoms with van der Waals surface area (Å²) < 4.78 is 0. The van der Waals surface area contributed by atoms with Crippen LogP contribution in [0.15, 0.2) is 48.8 Å². The Kier molecular flexibility index (Phi) is 4.05. The largest absolute Gasteiger partial charge is 0.330 e. The first kappa shape index (κ1) is 11.5. The van der Waals surface area contributed by atoms with E-state index in [1.54, 1.807) is 12.4 Å². The first-order valence-corrected chi connectivity index (χ1v) is 5.71. The van der Waals surface area contributed by atoms with Crippen molar-refractivity contribution in [1.29, 1.82) is 0 Å². The molecule has 0 bridgehead atoms. The number of nitrogens with two attached hydrogens (primary N) is 1. The maximum atomic E-state index is 5.57. The van der Waals surface area contributed by atoms with Gasteiger partial charge in [0.2, 0.25) is 0 Å². The molecule has 0 fully saturated rings. The van der Waals surface area contributed by atoms with Crippen LogP contribution in [0.25, 0.3) is 0 Å². The predicted molar refractivity (Wildman–Crippen MR) is 69.2 cm³/mol. The number of hydrogen-bond acceptors (Lipinski definition) is 4. The van der Waals surface area contributed by atoms with Gasteiger partial charge in [-0.3, -0.25) is 0 Å². The summed E-state index contributed by atoms with van der Waals surface area (Å²) in [6.45, 7) is 1.49. The van der Waals surface area contributed by atoms with E-state index in [1.807, 2.05) is 36.4 Å². The van der Waals surface area contributed by atoms with Crippen LogP contribution in [-0.2, 0) is 0 Å². The number of pyridine rings is 2. The molecule has 2 N–H and O–H groups in total. The van der Waals surface area contributed by atoms with Gasteiger partial charge in [0.05, 0.1) is 0 Å². The van der Waals surface area contributed by atoms with Crippen LogP contribution >= 0.6 is 0 Å². The Hall–Kier alpha value is -1.94. The van der Waals surface area contributed by atoms with Gasteiger partial charge in [-0.05, 0) is 37.2 Å². The van der Waals surface area contributed by atoms with Gasteiger partial charge in [0.25, 0.3) is 0 Å². The first-order valence-electron chi connectivity index (χ1n) is 5.71. The molecule has 0 spiro atoms. The SMILES string of the molecule is NCCCN(c1ccccn1)c1ccccn1. The van der Waals surface area contributed by atoms with Crippen LogP contribution in [-0.4, -0.2) is 23.1 Å². The number of anilines is 2. The van der Waals surface area contributed by atoms with Gasteiger partial charge in [-0.25, -0.2) is 9.97 Å². The minimum Gasteiger partial charge on any atom is -0.330 e. The summed E-state index contributed by atoms with van der Waals surface area (Å²) in [6.07, 6.45) is 4.48. The van der Waals surface area contributed by atoms with E-state index in [1.165, 1.54) is 0 Å². The average Bonchev–Trinajstić information content (AvgIpc) is 2.42. The lowest BCUT2D eigenvalue weighted by Crippen LogP contribution is -2.22. The molecule has 0 unspecified atom stereocenters. The molecule has 0 aliphatic heterocycles. The van der Waals surface area contributed by atoms with Gasteiger partial charge >= 0.3 is 0 Å². The zero-order valence-corrected chi connectivity index (χ0v) is 9.66. The molecular weight excluding hydrogens is 212 g/mol. The van der Waals surface area contributed by atoms with Crippen molar-refractivity contribution >= 4 is 11.6 Å². The fourth-order valence-corrected chi connectivity index (χ4v) is 1.62. The van der Waals surface area contributed by atoms with Crippen LogP contribution in [0.5, 0.6) is 0 Å². The third-order valence-electron chi connectivity index (χ3n) is 2.44. The minimum absolute atomic E-state index is 0.663. The lowest BCUT2D eigenvalue weighted by molar-refractivity contribution is 0.802. The van der Waals surface area contributed by atoms with Crippen molar-refractivity contribution in [1.82, 2.24) is 9.97 Å². The summed E-state index contributed by atoms with van der Waals surface area (Å²) in [5.41, 5.74) is 5.57. The van der Waals surface area contributed by atoms with Crippen LogP contribution < -0.4 is 10.6 Å². The second-order valence-corrected chi connectivity index (χ2v) is 3.67. The van der Waals surface area contributed by atoms with E-state index in [2.05, 4.69) is 14.9 Å². The fourth-order valence-electron chi connectivity index (χ4n) is 1.62. The average molecular weight is 228 g/mol. The molecule has 4 heteroatoms. The van der Waals surface area contributed by atoms with Crippen LogP contribution in [0.1, 0.15) is 6.42 Å². The first-order chi connectivity index (χ1) is 8.42. The molecule has 2 heterocycles. The normalized spacial score (nSPS) is 10.2. The molecule has 2 aromatic heterocycles. The Morgan fingerprint density at radius 1 is 0.941 bits per heavy atom. The van der Waals surface area contributed by atoms with Gasteiger partial charge in [-0.15, -0.1) is 0 Å². The van der Waals surface area contributed by atoms with Gasteiger partial charge in [0.15, 0.2) is 0 Å². The molecule has 0 atom stereocenters. The molecule has 0 amide bonds. The summed E-state index contributed by atoms with van der Waals surface area (Å²) in [5, 5.41) is 0. The standard InChI is InChI=1S/C13H16N4/c14-8-5-11-17(12-6-1-3-9-15-12)13-7-2-4-10-16-13/h1-4,6-7,9-10H,5,8,11,14H2. The fraction of sp³-hybridized carbons (Fsp3) is 0.231. The Labute approximate surface area is 101 Å². The molecule has 0 saturated carbocycles. The molecule has 17 heavy (non-hydrogen) atoms. The van der Waals surface area contributed by atoms with Crippen molar-refractivity contribution < 1.29 is 0 Å². The Balaban J connectivity index is 2.26. The molecular formula is C13H16N4. The maximum Gasteiger partial charge on any atom is 0.134 e. The van der Waals surface area contributed by atoms with Crippen molar-refractivity contribution in [2.24, 2.45) is 5.73 Å². The van der Waals surface area contributed by atoms with E-state index in [0.717, 1.165) is 24.6 Å². The summed E-state index contributed by atoms with van der Waals surface area (Å²) in [5.74, 6) is 1.80. The van der Waals surface area contributed by atoms with Crippen LogP contribution in [0.4, 0.5) is 11.6 Å². The quantitative estimate of drug-likeness (QED) is 0.850. The van der Waals surface area contributed by atoms with Gasteiger partial charge in [0, 0.05) is 18.9 Å². The second kappa shape index (κ2) is 5.96. The maximum absolute atomic E-state index is 5.57. The summed E-state index contributed by atoms with van der Waals surface area (Å²) in [6, 6.07) is 11.7. The zero-order valence-electron chi connectivity index (χ0n) is 9.66. The van der Waals surface area contributed by atoms with E-state index < -0.39 is 0 Å². The Morgan fingerprint density at radius 3 is 1.94 bits per heavy atom. The molecule has 2 aromatic rings. The summed E-state index contributed by atoms with van der Waals surface area (Å²) in [7, 11) is 0. The number of nitrogens with zero attached hydrogens (tertiary/aromatic N) is 3. The zero-order chi connectivity index (χ0) is 11.9. The van der Waals surface area contributed by atoms with Crippen LogP contribution in [0.2, 0.25) is 0 Å². The van der Waals surface area contributed by atoms with Crippen molar-refractivity contribution in [3.05, 3.63) is 48.8 Å². The highest BCUT2D eigenvalue weighted by atomic mass is 15.2. The number of rotatable bonds is 5. The van der Waals surface area contributed by atoms with E-state index in [9.17, 15) is 0 Å². The highest BCUT2D eigenvalue weighted by Crippen LogP contribution is 2.20. The van der Waals surface area contributed by atoms with E-state index in [0.29, 0.717) is 6.54 Å². The van der Waals surface area contributed by atoms with Crippen LogP contribution in [0, 0.1) is 0 Å². The molecule has 88 valence electrons. The molecule has 0 radical (unpaired) electrons. The molecule has 0 aromatic carbocycles.